The summed E-state index contributed by atoms with van der Waals surface area (Å²) in [4.78, 5) is 10.6. The number of primary amides is 1. The molecule has 1 aromatic carbocycles. The number of hydrogen-bond donors (Lipinski definition) is 2. The fourth-order valence-electron chi connectivity index (χ4n) is 1.49. The first kappa shape index (κ1) is 14.2. The van der Waals surface area contributed by atoms with Gasteiger partial charge in [-0.05, 0) is 26.0 Å². The molecule has 100 valence electrons. The van der Waals surface area contributed by atoms with Crippen molar-refractivity contribution in [2.24, 2.45) is 5.73 Å². The topological polar surface area (TPSA) is 73.6 Å². The van der Waals surface area contributed by atoms with Gasteiger partial charge in [0.1, 0.15) is 0 Å². The minimum Gasteiger partial charge on any atom is -0.490 e. The number of nitrogens with two attached hydrogens (primary N) is 1. The lowest BCUT2D eigenvalue weighted by atomic mass is 10.2. The molecule has 0 saturated carbocycles. The van der Waals surface area contributed by atoms with Gasteiger partial charge in [-0.1, -0.05) is 0 Å². The van der Waals surface area contributed by atoms with Crippen LogP contribution in [0.4, 0.5) is 5.69 Å². The van der Waals surface area contributed by atoms with Gasteiger partial charge in [0, 0.05) is 24.7 Å². The molecule has 5 nitrogen and oxygen atoms in total. The summed E-state index contributed by atoms with van der Waals surface area (Å²) in [5, 5.41) is 3.11. The summed E-state index contributed by atoms with van der Waals surface area (Å²) < 4.78 is 11.0. The van der Waals surface area contributed by atoms with Crippen molar-refractivity contribution in [2.45, 2.75) is 20.3 Å². The predicted molar refractivity (Wildman–Crippen MR) is 71.1 cm³/mol. The summed E-state index contributed by atoms with van der Waals surface area (Å²) in [6.07, 6.45) is 0.303. The molecule has 0 atom stereocenters. The Morgan fingerprint density at radius 3 is 2.50 bits per heavy atom. The standard InChI is InChI=1S/C13H20N2O3/c1-3-17-11-6-5-10(9-12(11)18-4-2)15-8-7-13(14)16/h5-6,9,15H,3-4,7-8H2,1-2H3,(H2,14,16). The van der Waals surface area contributed by atoms with Crippen molar-refractivity contribution in [1.29, 1.82) is 0 Å². The molecule has 0 aliphatic carbocycles. The van der Waals surface area contributed by atoms with Gasteiger partial charge in [-0.2, -0.15) is 0 Å². The Labute approximate surface area is 107 Å². The van der Waals surface area contributed by atoms with Gasteiger partial charge in [0.2, 0.25) is 5.91 Å². The van der Waals surface area contributed by atoms with E-state index in [4.69, 9.17) is 15.2 Å². The number of anilines is 1. The van der Waals surface area contributed by atoms with Crippen LogP contribution in [-0.4, -0.2) is 25.7 Å². The van der Waals surface area contributed by atoms with Gasteiger partial charge in [-0.15, -0.1) is 0 Å². The molecule has 0 bridgehead atoms. The predicted octanol–water partition coefficient (Wildman–Crippen LogP) is 1.77. The maximum atomic E-state index is 10.6. The Morgan fingerprint density at radius 1 is 1.22 bits per heavy atom. The molecule has 0 aromatic heterocycles. The van der Waals surface area contributed by atoms with E-state index in [1.54, 1.807) is 0 Å². The highest BCUT2D eigenvalue weighted by atomic mass is 16.5. The maximum Gasteiger partial charge on any atom is 0.219 e. The summed E-state index contributed by atoms with van der Waals surface area (Å²) in [6.45, 7) is 5.52. The minimum absolute atomic E-state index is 0.303. The van der Waals surface area contributed by atoms with Gasteiger partial charge >= 0.3 is 0 Å². The molecule has 0 aliphatic rings. The molecule has 1 aromatic rings. The molecule has 18 heavy (non-hydrogen) atoms. The van der Waals surface area contributed by atoms with E-state index in [9.17, 15) is 4.79 Å². The third-order valence-corrected chi connectivity index (χ3v) is 2.24. The summed E-state index contributed by atoms with van der Waals surface area (Å²) >= 11 is 0. The van der Waals surface area contributed by atoms with Crippen LogP contribution in [0.2, 0.25) is 0 Å². The Morgan fingerprint density at radius 2 is 1.89 bits per heavy atom. The number of carbonyl (C=O) groups is 1. The van der Waals surface area contributed by atoms with Crippen molar-refractivity contribution in [3.05, 3.63) is 18.2 Å². The van der Waals surface area contributed by atoms with E-state index in [1.165, 1.54) is 0 Å². The van der Waals surface area contributed by atoms with Crippen molar-refractivity contribution < 1.29 is 14.3 Å². The second kappa shape index (κ2) is 7.42. The van der Waals surface area contributed by atoms with Crippen LogP contribution in [0.25, 0.3) is 0 Å². The van der Waals surface area contributed by atoms with E-state index < -0.39 is 0 Å². The highest BCUT2D eigenvalue weighted by Gasteiger charge is 2.06. The zero-order valence-corrected chi connectivity index (χ0v) is 10.9. The number of benzene rings is 1. The van der Waals surface area contributed by atoms with Crippen LogP contribution in [0.15, 0.2) is 18.2 Å². The van der Waals surface area contributed by atoms with Crippen molar-refractivity contribution in [3.8, 4) is 11.5 Å². The van der Waals surface area contributed by atoms with Gasteiger partial charge < -0.3 is 20.5 Å². The Hall–Kier alpha value is -1.91. The third kappa shape index (κ3) is 4.53. The molecule has 0 radical (unpaired) electrons. The molecule has 0 heterocycles. The lowest BCUT2D eigenvalue weighted by Crippen LogP contribution is -2.15. The lowest BCUT2D eigenvalue weighted by Gasteiger charge is -2.13. The van der Waals surface area contributed by atoms with E-state index in [0.29, 0.717) is 31.9 Å². The summed E-state index contributed by atoms with van der Waals surface area (Å²) in [7, 11) is 0. The van der Waals surface area contributed by atoms with Gasteiger partial charge in [0.05, 0.1) is 13.2 Å². The monoisotopic (exact) mass is 252 g/mol. The van der Waals surface area contributed by atoms with E-state index in [1.807, 2.05) is 32.0 Å². The van der Waals surface area contributed by atoms with Crippen molar-refractivity contribution in [3.63, 3.8) is 0 Å². The zero-order chi connectivity index (χ0) is 13.4. The highest BCUT2D eigenvalue weighted by molar-refractivity contribution is 5.74. The number of amides is 1. The molecule has 0 unspecified atom stereocenters. The lowest BCUT2D eigenvalue weighted by molar-refractivity contribution is -0.117. The summed E-state index contributed by atoms with van der Waals surface area (Å²) in [5.41, 5.74) is 5.95. The summed E-state index contributed by atoms with van der Waals surface area (Å²) in [6, 6.07) is 5.59. The smallest absolute Gasteiger partial charge is 0.219 e. The Kier molecular flexibility index (Phi) is 5.84. The van der Waals surface area contributed by atoms with Crippen molar-refractivity contribution in [1.82, 2.24) is 0 Å². The summed E-state index contributed by atoms with van der Waals surface area (Å²) in [5.74, 6) is 1.10. The van der Waals surface area contributed by atoms with Crippen molar-refractivity contribution in [2.75, 3.05) is 25.1 Å². The largest absolute Gasteiger partial charge is 0.490 e. The molecule has 3 N–H and O–H groups in total. The fourth-order valence-corrected chi connectivity index (χ4v) is 1.49. The van der Waals surface area contributed by atoms with E-state index in [0.717, 1.165) is 11.4 Å². The number of carbonyl (C=O) groups excluding carboxylic acids is 1. The Balaban J connectivity index is 2.69. The normalized spacial score (nSPS) is 9.89. The second-order valence-corrected chi connectivity index (χ2v) is 3.67. The van der Waals surface area contributed by atoms with Crippen molar-refractivity contribution >= 4 is 11.6 Å². The fraction of sp³-hybridized carbons (Fsp3) is 0.462. The molecule has 1 rings (SSSR count). The van der Waals surface area contributed by atoms with Gasteiger partial charge in [0.15, 0.2) is 11.5 Å². The van der Waals surface area contributed by atoms with Gasteiger partial charge in [-0.25, -0.2) is 0 Å². The first-order valence-corrected chi connectivity index (χ1v) is 6.09. The minimum atomic E-state index is -0.321. The average Bonchev–Trinajstić information content (AvgIpc) is 2.32. The van der Waals surface area contributed by atoms with Crippen LogP contribution in [0.1, 0.15) is 20.3 Å². The number of rotatable bonds is 8. The molecule has 0 fully saturated rings. The molecular weight excluding hydrogens is 232 g/mol. The first-order chi connectivity index (χ1) is 8.67. The van der Waals surface area contributed by atoms with E-state index >= 15 is 0 Å². The molecule has 0 aliphatic heterocycles. The first-order valence-electron chi connectivity index (χ1n) is 6.09. The maximum absolute atomic E-state index is 10.6. The van der Waals surface area contributed by atoms with Gasteiger partial charge in [0.25, 0.3) is 0 Å². The molecule has 0 saturated heterocycles. The van der Waals surface area contributed by atoms with Crippen LogP contribution in [0.3, 0.4) is 0 Å². The quantitative estimate of drug-likeness (QED) is 0.739. The molecule has 1 amide bonds. The molecule has 0 spiro atoms. The van der Waals surface area contributed by atoms with Crippen LogP contribution in [0, 0.1) is 0 Å². The van der Waals surface area contributed by atoms with Crippen LogP contribution < -0.4 is 20.5 Å². The number of nitrogens with one attached hydrogen (secondary N) is 1. The van der Waals surface area contributed by atoms with E-state index in [-0.39, 0.29) is 5.91 Å². The average molecular weight is 252 g/mol. The van der Waals surface area contributed by atoms with Crippen LogP contribution >= 0.6 is 0 Å². The number of hydrogen-bond acceptors (Lipinski definition) is 4. The Bertz CT molecular complexity index is 394. The molecular formula is C13H20N2O3. The zero-order valence-electron chi connectivity index (χ0n) is 10.9. The van der Waals surface area contributed by atoms with E-state index in [2.05, 4.69) is 5.32 Å². The third-order valence-electron chi connectivity index (χ3n) is 2.24. The SMILES string of the molecule is CCOc1ccc(NCCC(N)=O)cc1OCC. The highest BCUT2D eigenvalue weighted by Crippen LogP contribution is 2.30. The van der Waals surface area contributed by atoms with Crippen LogP contribution in [0.5, 0.6) is 11.5 Å². The van der Waals surface area contributed by atoms with Crippen LogP contribution in [-0.2, 0) is 4.79 Å². The van der Waals surface area contributed by atoms with Gasteiger partial charge in [-0.3, -0.25) is 4.79 Å². The second-order valence-electron chi connectivity index (χ2n) is 3.67. The number of ether oxygens (including phenoxy) is 2. The molecule has 5 heteroatoms.